The predicted molar refractivity (Wildman–Crippen MR) is 195 cm³/mol. The van der Waals surface area contributed by atoms with Crippen molar-refractivity contribution in [2.75, 3.05) is 33.0 Å². The molecular formula is C42H64O6. The van der Waals surface area contributed by atoms with Gasteiger partial charge >= 0.3 is 5.97 Å². The number of hydrogen-bond donors (Lipinski definition) is 0. The molecule has 1 saturated carbocycles. The first-order chi connectivity index (χ1) is 23.5. The van der Waals surface area contributed by atoms with E-state index < -0.39 is 0 Å². The second-order valence-electron chi connectivity index (χ2n) is 14.4. The van der Waals surface area contributed by atoms with Gasteiger partial charge in [0.05, 0.1) is 30.8 Å². The highest BCUT2D eigenvalue weighted by molar-refractivity contribution is 5.75. The normalized spacial score (nSPS) is 20.5. The second kappa shape index (κ2) is 22.3. The van der Waals surface area contributed by atoms with Gasteiger partial charge in [0.1, 0.15) is 11.5 Å². The summed E-state index contributed by atoms with van der Waals surface area (Å²) in [5.41, 5.74) is 2.34. The molecule has 2 fully saturated rings. The SMILES string of the molecule is CCCCCCOc1ccc(-c2ccc(OC(=O)C3CCC(OCCCCCCCCCCCCOCCC4(C)CO4)CC3)cc2)cc1. The maximum Gasteiger partial charge on any atom is 0.314 e. The number of epoxide rings is 1. The first kappa shape index (κ1) is 38.4. The van der Waals surface area contributed by atoms with Crippen LogP contribution in [0, 0.1) is 5.92 Å². The lowest BCUT2D eigenvalue weighted by atomic mass is 9.87. The van der Waals surface area contributed by atoms with Crippen LogP contribution in [-0.2, 0) is 19.0 Å². The standard InChI is InChI=1S/C42H64O6/c1-3-4-5-15-31-45-38-23-17-35(18-24-38)36-19-27-40(28-20-36)48-41(43)37-21-25-39(26-22-37)46-32-16-13-11-9-7-6-8-10-12-14-30-44-33-29-42(2)34-47-42/h17-20,23-24,27-28,37,39H,3-16,21-22,25-26,29-34H2,1-2H3. The molecule has 4 rings (SSSR count). The molecule has 0 amide bonds. The zero-order valence-corrected chi connectivity index (χ0v) is 30.2. The summed E-state index contributed by atoms with van der Waals surface area (Å²) in [5.74, 6) is 1.37. The van der Waals surface area contributed by atoms with Gasteiger partial charge in [-0.1, -0.05) is 102 Å². The summed E-state index contributed by atoms with van der Waals surface area (Å²) in [6.45, 7) is 8.62. The van der Waals surface area contributed by atoms with Gasteiger partial charge in [-0.05, 0) is 87.3 Å². The molecule has 6 heteroatoms. The average molecular weight is 665 g/mol. The molecule has 1 aliphatic carbocycles. The molecule has 1 atom stereocenters. The third kappa shape index (κ3) is 15.4. The molecule has 6 nitrogen and oxygen atoms in total. The minimum Gasteiger partial charge on any atom is -0.494 e. The number of carbonyl (C=O) groups excluding carboxylic acids is 1. The van der Waals surface area contributed by atoms with Crippen LogP contribution >= 0.6 is 0 Å². The topological polar surface area (TPSA) is 66.5 Å². The maximum absolute atomic E-state index is 12.9. The number of ether oxygens (including phenoxy) is 5. The average Bonchev–Trinajstić information content (AvgIpc) is 3.85. The quantitative estimate of drug-likeness (QED) is 0.0431. The van der Waals surface area contributed by atoms with Gasteiger partial charge in [-0.15, -0.1) is 0 Å². The molecule has 0 bridgehead atoms. The number of carbonyl (C=O) groups is 1. The molecular weight excluding hydrogens is 600 g/mol. The van der Waals surface area contributed by atoms with E-state index in [4.69, 9.17) is 23.7 Å². The number of unbranched alkanes of at least 4 members (excludes halogenated alkanes) is 12. The zero-order valence-electron chi connectivity index (χ0n) is 30.2. The van der Waals surface area contributed by atoms with Crippen molar-refractivity contribution in [1.82, 2.24) is 0 Å². The van der Waals surface area contributed by atoms with E-state index in [1.165, 1.54) is 77.0 Å². The van der Waals surface area contributed by atoms with Crippen molar-refractivity contribution in [3.8, 4) is 22.6 Å². The predicted octanol–water partition coefficient (Wildman–Crippen LogP) is 10.9. The Balaban J connectivity index is 0.955. The Labute approximate surface area is 291 Å². The van der Waals surface area contributed by atoms with Gasteiger partial charge in [0, 0.05) is 26.2 Å². The lowest BCUT2D eigenvalue weighted by Crippen LogP contribution is -2.29. The summed E-state index contributed by atoms with van der Waals surface area (Å²) >= 11 is 0. The summed E-state index contributed by atoms with van der Waals surface area (Å²) in [6, 6.07) is 16.0. The van der Waals surface area contributed by atoms with Crippen molar-refractivity contribution in [1.29, 1.82) is 0 Å². The van der Waals surface area contributed by atoms with E-state index in [1.54, 1.807) is 0 Å². The van der Waals surface area contributed by atoms with Gasteiger partial charge in [-0.25, -0.2) is 0 Å². The van der Waals surface area contributed by atoms with Crippen LogP contribution in [0.15, 0.2) is 48.5 Å². The molecule has 1 heterocycles. The third-order valence-electron chi connectivity index (χ3n) is 9.98. The van der Waals surface area contributed by atoms with Crippen molar-refractivity contribution in [3.05, 3.63) is 48.5 Å². The number of hydrogen-bond acceptors (Lipinski definition) is 6. The van der Waals surface area contributed by atoms with E-state index in [9.17, 15) is 4.79 Å². The smallest absolute Gasteiger partial charge is 0.314 e. The summed E-state index contributed by atoms with van der Waals surface area (Å²) in [7, 11) is 0. The van der Waals surface area contributed by atoms with Gasteiger partial charge in [0.15, 0.2) is 0 Å². The van der Waals surface area contributed by atoms with E-state index in [-0.39, 0.29) is 23.6 Å². The molecule has 1 aliphatic heterocycles. The minimum atomic E-state index is -0.111. The lowest BCUT2D eigenvalue weighted by molar-refractivity contribution is -0.141. The maximum atomic E-state index is 12.9. The number of esters is 1. The fourth-order valence-corrected chi connectivity index (χ4v) is 6.47. The Hall–Kier alpha value is -2.41. The van der Waals surface area contributed by atoms with Gasteiger partial charge < -0.3 is 23.7 Å². The van der Waals surface area contributed by atoms with E-state index in [0.717, 1.165) is 94.9 Å². The first-order valence-electron chi connectivity index (χ1n) is 19.4. The Morgan fingerprint density at radius 1 is 0.667 bits per heavy atom. The number of rotatable bonds is 26. The molecule has 1 unspecified atom stereocenters. The zero-order chi connectivity index (χ0) is 33.7. The molecule has 1 saturated heterocycles. The van der Waals surface area contributed by atoms with Crippen molar-refractivity contribution in [2.24, 2.45) is 5.92 Å². The summed E-state index contributed by atoms with van der Waals surface area (Å²) in [4.78, 5) is 12.9. The highest BCUT2D eigenvalue weighted by atomic mass is 16.6. The van der Waals surface area contributed by atoms with Crippen LogP contribution in [0.25, 0.3) is 11.1 Å². The monoisotopic (exact) mass is 664 g/mol. The second-order valence-corrected chi connectivity index (χ2v) is 14.4. The third-order valence-corrected chi connectivity index (χ3v) is 9.98. The first-order valence-corrected chi connectivity index (χ1v) is 19.4. The van der Waals surface area contributed by atoms with Crippen molar-refractivity contribution in [2.45, 2.75) is 148 Å². The van der Waals surface area contributed by atoms with Gasteiger partial charge in [0.25, 0.3) is 0 Å². The summed E-state index contributed by atoms with van der Waals surface area (Å²) in [5, 5.41) is 0. The van der Waals surface area contributed by atoms with Crippen LogP contribution in [0.5, 0.6) is 11.5 Å². The molecule has 2 aromatic carbocycles. The van der Waals surface area contributed by atoms with Crippen LogP contribution < -0.4 is 9.47 Å². The van der Waals surface area contributed by atoms with Crippen molar-refractivity contribution in [3.63, 3.8) is 0 Å². The molecule has 2 aromatic rings. The molecule has 268 valence electrons. The van der Waals surface area contributed by atoms with Crippen molar-refractivity contribution >= 4 is 5.97 Å². The highest BCUT2D eigenvalue weighted by Gasteiger charge is 2.38. The van der Waals surface area contributed by atoms with Gasteiger partial charge in [-0.3, -0.25) is 4.79 Å². The molecule has 0 aromatic heterocycles. The Bertz CT molecular complexity index is 1120. The highest BCUT2D eigenvalue weighted by Crippen LogP contribution is 2.30. The Morgan fingerprint density at radius 2 is 1.19 bits per heavy atom. The molecule has 0 radical (unpaired) electrons. The Kier molecular flexibility index (Phi) is 17.9. The fourth-order valence-electron chi connectivity index (χ4n) is 6.47. The van der Waals surface area contributed by atoms with Gasteiger partial charge in [0.2, 0.25) is 0 Å². The Morgan fingerprint density at radius 3 is 1.77 bits per heavy atom. The molecule has 0 spiro atoms. The van der Waals surface area contributed by atoms with Crippen LogP contribution in [0.3, 0.4) is 0 Å². The molecule has 2 aliphatic rings. The largest absolute Gasteiger partial charge is 0.494 e. The van der Waals surface area contributed by atoms with E-state index in [2.05, 4.69) is 26.0 Å². The van der Waals surface area contributed by atoms with Crippen LogP contribution in [0.2, 0.25) is 0 Å². The van der Waals surface area contributed by atoms with Crippen LogP contribution in [-0.4, -0.2) is 50.7 Å². The lowest BCUT2D eigenvalue weighted by Gasteiger charge is -2.27. The fraction of sp³-hybridized carbons (Fsp3) is 0.690. The molecule has 0 N–H and O–H groups in total. The van der Waals surface area contributed by atoms with Gasteiger partial charge in [-0.2, -0.15) is 0 Å². The minimum absolute atomic E-state index is 0.0384. The van der Waals surface area contributed by atoms with Crippen molar-refractivity contribution < 1.29 is 28.5 Å². The number of benzene rings is 2. The van der Waals surface area contributed by atoms with Crippen LogP contribution in [0.1, 0.15) is 136 Å². The van der Waals surface area contributed by atoms with Crippen LogP contribution in [0.4, 0.5) is 0 Å². The van der Waals surface area contributed by atoms with E-state index >= 15 is 0 Å². The van der Waals surface area contributed by atoms with E-state index in [1.807, 2.05) is 36.4 Å². The molecule has 48 heavy (non-hydrogen) atoms. The van der Waals surface area contributed by atoms with E-state index in [0.29, 0.717) is 5.75 Å². The summed E-state index contributed by atoms with van der Waals surface area (Å²) in [6.07, 6.45) is 22.6. The summed E-state index contributed by atoms with van der Waals surface area (Å²) < 4.78 is 28.9.